The molecule has 2 aromatic carbocycles. The van der Waals surface area contributed by atoms with Crippen molar-refractivity contribution >= 4 is 49.9 Å². The summed E-state index contributed by atoms with van der Waals surface area (Å²) in [5.41, 5.74) is 1.59. The summed E-state index contributed by atoms with van der Waals surface area (Å²) in [6.07, 6.45) is 6.52. The Labute approximate surface area is 202 Å². The van der Waals surface area contributed by atoms with E-state index in [9.17, 15) is 9.59 Å². The summed E-state index contributed by atoms with van der Waals surface area (Å²) in [5.74, 6) is 0.328. The molecule has 5 rings (SSSR count). The van der Waals surface area contributed by atoms with Gasteiger partial charge >= 0.3 is 0 Å². The molecule has 8 heteroatoms. The highest BCUT2D eigenvalue weighted by atomic mass is 79.9. The van der Waals surface area contributed by atoms with Gasteiger partial charge in [-0.05, 0) is 48.1 Å². The molecule has 2 fully saturated rings. The normalized spacial score (nSPS) is 25.8. The number of carbonyl (C=O) groups is 2. The van der Waals surface area contributed by atoms with Crippen molar-refractivity contribution in [2.24, 2.45) is 28.8 Å². The van der Waals surface area contributed by atoms with Gasteiger partial charge < -0.3 is 9.47 Å². The number of carbonyl (C=O) groups excluding carboxylic acids is 2. The van der Waals surface area contributed by atoms with Crippen LogP contribution in [-0.4, -0.2) is 30.1 Å². The fraction of sp³-hybridized carbons (Fsp3) is 0.292. The number of nitrogens with zero attached hydrogens (tertiary/aromatic N) is 2. The fourth-order valence-electron chi connectivity index (χ4n) is 4.85. The summed E-state index contributed by atoms with van der Waals surface area (Å²) < 4.78 is 13.3. The third-order valence-corrected chi connectivity index (χ3v) is 7.31. The molecule has 1 heterocycles. The molecule has 0 unspecified atom stereocenters. The minimum Gasteiger partial charge on any atom is -0.493 e. The van der Waals surface area contributed by atoms with Gasteiger partial charge in [-0.25, -0.2) is 0 Å². The Morgan fingerprint density at radius 3 is 2.31 bits per heavy atom. The Kier molecular flexibility index (Phi) is 5.67. The molecule has 32 heavy (non-hydrogen) atoms. The number of halogens is 2. The zero-order valence-electron chi connectivity index (χ0n) is 17.2. The van der Waals surface area contributed by atoms with Gasteiger partial charge in [0.15, 0.2) is 11.5 Å². The van der Waals surface area contributed by atoms with Gasteiger partial charge in [0.05, 0.1) is 25.2 Å². The maximum Gasteiger partial charge on any atom is 0.254 e. The number of hydrogen-bond donors (Lipinski definition) is 0. The monoisotopic (exact) mass is 558 g/mol. The summed E-state index contributed by atoms with van der Waals surface area (Å²) >= 11 is 6.90. The fourth-order valence-corrected chi connectivity index (χ4v) is 5.57. The topological polar surface area (TPSA) is 68.2 Å². The van der Waals surface area contributed by atoms with Crippen molar-refractivity contribution in [1.29, 1.82) is 0 Å². The van der Waals surface area contributed by atoms with E-state index in [-0.39, 0.29) is 35.5 Å². The Hall–Kier alpha value is -2.45. The molecule has 2 amide bonds. The maximum atomic E-state index is 12.9. The minimum absolute atomic E-state index is 0.150. The molecule has 2 aromatic rings. The van der Waals surface area contributed by atoms with E-state index < -0.39 is 0 Å². The smallest absolute Gasteiger partial charge is 0.254 e. The van der Waals surface area contributed by atoms with Gasteiger partial charge in [-0.2, -0.15) is 10.1 Å². The molecule has 1 saturated heterocycles. The standard InChI is InChI=1S/C24H20Br2N2O4/c1-31-19-10-18(26)9-16(22(19)32-12-13-2-6-17(25)7-3-13)11-27-28-23(29)20-14-4-5-15(8-14)21(20)24(28)30/h2-7,9-11,14-15,20-21H,8,12H2,1H3/t14-,15-,20-,21+/m0/s1. The summed E-state index contributed by atoms with van der Waals surface area (Å²) in [7, 11) is 1.56. The largest absolute Gasteiger partial charge is 0.493 e. The van der Waals surface area contributed by atoms with E-state index in [2.05, 4.69) is 49.1 Å². The number of fused-ring (bicyclic) bond motifs is 5. The van der Waals surface area contributed by atoms with E-state index >= 15 is 0 Å². The number of rotatable bonds is 6. The lowest BCUT2D eigenvalue weighted by atomic mass is 9.85. The first-order chi connectivity index (χ1) is 15.5. The third-order valence-electron chi connectivity index (χ3n) is 6.32. The van der Waals surface area contributed by atoms with Crippen LogP contribution < -0.4 is 9.47 Å². The number of allylic oxidation sites excluding steroid dienone is 2. The second-order valence-corrected chi connectivity index (χ2v) is 10.0. The van der Waals surface area contributed by atoms with Gasteiger partial charge in [-0.1, -0.05) is 56.1 Å². The van der Waals surface area contributed by atoms with Crippen LogP contribution in [0.3, 0.4) is 0 Å². The van der Waals surface area contributed by atoms with E-state index in [0.717, 1.165) is 25.9 Å². The molecule has 4 atom stereocenters. The first-order valence-corrected chi connectivity index (χ1v) is 11.9. The maximum absolute atomic E-state index is 12.9. The predicted octanol–water partition coefficient (Wildman–Crippen LogP) is 4.94. The molecule has 2 aliphatic carbocycles. The van der Waals surface area contributed by atoms with Crippen LogP contribution in [0.5, 0.6) is 11.5 Å². The Morgan fingerprint density at radius 2 is 1.69 bits per heavy atom. The van der Waals surface area contributed by atoms with E-state index in [1.165, 1.54) is 6.21 Å². The van der Waals surface area contributed by atoms with Crippen LogP contribution in [0.25, 0.3) is 0 Å². The van der Waals surface area contributed by atoms with Crippen molar-refractivity contribution in [2.45, 2.75) is 13.0 Å². The van der Waals surface area contributed by atoms with E-state index in [1.807, 2.05) is 30.3 Å². The number of methoxy groups -OCH3 is 1. The van der Waals surface area contributed by atoms with E-state index in [0.29, 0.717) is 23.7 Å². The van der Waals surface area contributed by atoms with Crippen LogP contribution in [0.4, 0.5) is 0 Å². The lowest BCUT2D eigenvalue weighted by Crippen LogP contribution is -2.28. The highest BCUT2D eigenvalue weighted by Gasteiger charge is 2.59. The highest BCUT2D eigenvalue weighted by Crippen LogP contribution is 2.52. The molecule has 6 nitrogen and oxygen atoms in total. The molecule has 3 aliphatic rings. The molecule has 164 valence electrons. The summed E-state index contributed by atoms with van der Waals surface area (Å²) in [5, 5.41) is 5.33. The molecule has 0 N–H and O–H groups in total. The molecule has 0 radical (unpaired) electrons. The van der Waals surface area contributed by atoms with Crippen molar-refractivity contribution in [3.8, 4) is 11.5 Å². The molecular formula is C24H20Br2N2O4. The first-order valence-electron chi connectivity index (χ1n) is 10.3. The Balaban J connectivity index is 1.41. The Bertz CT molecular complexity index is 1120. The first kappa shape index (κ1) is 21.4. The van der Waals surface area contributed by atoms with Crippen LogP contribution in [0.2, 0.25) is 0 Å². The quantitative estimate of drug-likeness (QED) is 0.285. The average molecular weight is 560 g/mol. The van der Waals surface area contributed by atoms with Gasteiger partial charge in [0.2, 0.25) is 0 Å². The second kappa shape index (κ2) is 8.48. The lowest BCUT2D eigenvalue weighted by Gasteiger charge is -2.15. The van der Waals surface area contributed by atoms with Gasteiger partial charge in [0, 0.05) is 14.5 Å². The number of hydrazone groups is 1. The highest BCUT2D eigenvalue weighted by molar-refractivity contribution is 9.10. The molecule has 1 saturated carbocycles. The van der Waals surface area contributed by atoms with Gasteiger partial charge in [-0.15, -0.1) is 0 Å². The molecular weight excluding hydrogens is 540 g/mol. The molecule has 0 spiro atoms. The number of hydrogen-bond acceptors (Lipinski definition) is 5. The summed E-state index contributed by atoms with van der Waals surface area (Å²) in [4.78, 5) is 25.8. The molecule has 0 aromatic heterocycles. The van der Waals surface area contributed by atoms with Gasteiger partial charge in [-0.3, -0.25) is 9.59 Å². The zero-order chi connectivity index (χ0) is 22.4. The number of ether oxygens (including phenoxy) is 2. The number of amides is 2. The van der Waals surface area contributed by atoms with Crippen molar-refractivity contribution in [1.82, 2.24) is 5.01 Å². The van der Waals surface area contributed by atoms with Crippen molar-refractivity contribution in [3.63, 3.8) is 0 Å². The predicted molar refractivity (Wildman–Crippen MR) is 126 cm³/mol. The average Bonchev–Trinajstić information content (AvgIpc) is 3.46. The third kappa shape index (κ3) is 3.69. The van der Waals surface area contributed by atoms with Gasteiger partial charge in [0.1, 0.15) is 6.61 Å². The SMILES string of the molecule is COc1cc(Br)cc(C=NN2C(=O)[C@@H]3[C@H](C2=O)[C@H]2C=C[C@H]3C2)c1OCc1ccc(Br)cc1. The van der Waals surface area contributed by atoms with Crippen LogP contribution >= 0.6 is 31.9 Å². The summed E-state index contributed by atoms with van der Waals surface area (Å²) in [6.45, 7) is 0.326. The minimum atomic E-state index is -0.278. The van der Waals surface area contributed by atoms with Crippen molar-refractivity contribution in [2.75, 3.05) is 7.11 Å². The van der Waals surface area contributed by atoms with E-state index in [4.69, 9.17) is 9.47 Å². The number of imide groups is 1. The molecule has 1 aliphatic heterocycles. The zero-order valence-corrected chi connectivity index (χ0v) is 20.4. The van der Waals surface area contributed by atoms with E-state index in [1.54, 1.807) is 13.2 Å². The van der Waals surface area contributed by atoms with Crippen LogP contribution in [0.15, 0.2) is 62.6 Å². The van der Waals surface area contributed by atoms with Crippen molar-refractivity contribution < 1.29 is 19.1 Å². The molecule has 2 bridgehead atoms. The van der Waals surface area contributed by atoms with Crippen LogP contribution in [-0.2, 0) is 16.2 Å². The second-order valence-electron chi connectivity index (χ2n) is 8.17. The van der Waals surface area contributed by atoms with Crippen LogP contribution in [0, 0.1) is 23.7 Å². The Morgan fingerprint density at radius 1 is 1.03 bits per heavy atom. The van der Waals surface area contributed by atoms with Crippen LogP contribution in [0.1, 0.15) is 17.5 Å². The van der Waals surface area contributed by atoms with Crippen molar-refractivity contribution in [3.05, 3.63) is 68.6 Å². The lowest BCUT2D eigenvalue weighted by molar-refractivity contribution is -0.140. The number of benzene rings is 2. The summed E-state index contributed by atoms with van der Waals surface area (Å²) in [6, 6.07) is 11.4. The van der Waals surface area contributed by atoms with Gasteiger partial charge in [0.25, 0.3) is 11.8 Å².